The highest BCUT2D eigenvalue weighted by molar-refractivity contribution is 5.56. The minimum atomic E-state index is 0.797. The fraction of sp³-hybridized carbons (Fsp3) is 0.308. The second kappa shape index (κ2) is 4.91. The highest BCUT2D eigenvalue weighted by Crippen LogP contribution is 2.15. The Hall–Kier alpha value is -1.97. The highest BCUT2D eigenvalue weighted by Gasteiger charge is 1.98. The summed E-state index contributed by atoms with van der Waals surface area (Å²) in [4.78, 5) is 0. The maximum atomic E-state index is 5.79. The predicted molar refractivity (Wildman–Crippen MR) is 71.0 cm³/mol. The molecule has 2 aromatic rings. The molecule has 17 heavy (non-hydrogen) atoms. The Kier molecular flexibility index (Phi) is 3.32. The van der Waals surface area contributed by atoms with Crippen molar-refractivity contribution >= 4 is 11.4 Å². The third kappa shape index (κ3) is 3.24. The van der Waals surface area contributed by atoms with Crippen LogP contribution in [-0.2, 0) is 13.5 Å². The van der Waals surface area contributed by atoms with E-state index in [1.54, 1.807) is 0 Å². The molecular weight excluding hydrogens is 212 g/mol. The van der Waals surface area contributed by atoms with Crippen molar-refractivity contribution in [2.24, 2.45) is 7.05 Å². The van der Waals surface area contributed by atoms with Crippen LogP contribution in [0.5, 0.6) is 0 Å². The van der Waals surface area contributed by atoms with Crippen molar-refractivity contribution in [1.82, 2.24) is 9.78 Å². The quantitative estimate of drug-likeness (QED) is 0.789. The molecular formula is C13H18N4. The number of aromatic nitrogens is 2. The number of hydrogen-bond acceptors (Lipinski definition) is 3. The number of rotatable bonds is 4. The molecule has 0 aliphatic heterocycles. The SMILES string of the molecule is Cc1cc(N)cc(NCCc2ccn(C)n2)c1. The van der Waals surface area contributed by atoms with Crippen molar-refractivity contribution in [2.75, 3.05) is 17.6 Å². The van der Waals surface area contributed by atoms with Gasteiger partial charge < -0.3 is 11.1 Å². The molecule has 0 saturated heterocycles. The number of nitrogens with zero attached hydrogens (tertiary/aromatic N) is 2. The van der Waals surface area contributed by atoms with Crippen molar-refractivity contribution in [3.8, 4) is 0 Å². The van der Waals surface area contributed by atoms with Crippen molar-refractivity contribution in [1.29, 1.82) is 0 Å². The summed E-state index contributed by atoms with van der Waals surface area (Å²) in [6.45, 7) is 2.90. The van der Waals surface area contributed by atoms with Crippen LogP contribution in [0.15, 0.2) is 30.5 Å². The van der Waals surface area contributed by atoms with E-state index in [0.717, 1.165) is 30.0 Å². The molecule has 1 heterocycles. The second-order valence-electron chi connectivity index (χ2n) is 4.29. The maximum absolute atomic E-state index is 5.79. The van der Waals surface area contributed by atoms with Gasteiger partial charge in [-0.2, -0.15) is 5.10 Å². The molecule has 0 fully saturated rings. The summed E-state index contributed by atoms with van der Waals surface area (Å²) in [7, 11) is 1.93. The molecule has 0 aliphatic carbocycles. The fourth-order valence-corrected chi connectivity index (χ4v) is 1.85. The van der Waals surface area contributed by atoms with Gasteiger partial charge in [0.05, 0.1) is 5.69 Å². The minimum absolute atomic E-state index is 0.797. The van der Waals surface area contributed by atoms with Crippen LogP contribution in [0.3, 0.4) is 0 Å². The van der Waals surface area contributed by atoms with Crippen LogP contribution in [0.25, 0.3) is 0 Å². The van der Waals surface area contributed by atoms with Gasteiger partial charge in [-0.1, -0.05) is 0 Å². The first-order valence-corrected chi connectivity index (χ1v) is 5.73. The molecule has 0 atom stereocenters. The third-order valence-electron chi connectivity index (χ3n) is 2.58. The average Bonchev–Trinajstić information content (AvgIpc) is 2.63. The van der Waals surface area contributed by atoms with E-state index in [4.69, 9.17) is 5.73 Å². The van der Waals surface area contributed by atoms with E-state index in [1.165, 1.54) is 5.56 Å². The lowest BCUT2D eigenvalue weighted by Gasteiger charge is -2.07. The summed E-state index contributed by atoms with van der Waals surface area (Å²) >= 11 is 0. The zero-order chi connectivity index (χ0) is 12.3. The normalized spacial score (nSPS) is 10.5. The van der Waals surface area contributed by atoms with Crippen molar-refractivity contribution < 1.29 is 0 Å². The Morgan fingerprint density at radius 1 is 1.35 bits per heavy atom. The molecule has 0 saturated carbocycles. The molecule has 0 radical (unpaired) electrons. The summed E-state index contributed by atoms with van der Waals surface area (Å²) in [5.41, 5.74) is 9.92. The Morgan fingerprint density at radius 2 is 2.18 bits per heavy atom. The van der Waals surface area contributed by atoms with Gasteiger partial charge in [0.1, 0.15) is 0 Å². The van der Waals surface area contributed by atoms with E-state index >= 15 is 0 Å². The maximum Gasteiger partial charge on any atom is 0.0642 e. The lowest BCUT2D eigenvalue weighted by Crippen LogP contribution is -2.06. The van der Waals surface area contributed by atoms with E-state index in [-0.39, 0.29) is 0 Å². The molecule has 0 aliphatic rings. The number of nitrogen functional groups attached to an aromatic ring is 1. The zero-order valence-corrected chi connectivity index (χ0v) is 10.3. The molecule has 1 aromatic carbocycles. The van der Waals surface area contributed by atoms with Crippen LogP contribution in [0.4, 0.5) is 11.4 Å². The van der Waals surface area contributed by atoms with E-state index in [0.29, 0.717) is 0 Å². The predicted octanol–water partition coefficient (Wildman–Crippen LogP) is 1.97. The lowest BCUT2D eigenvalue weighted by atomic mass is 10.2. The number of aryl methyl sites for hydroxylation is 2. The Labute approximate surface area is 101 Å². The van der Waals surface area contributed by atoms with Gasteiger partial charge in [-0.05, 0) is 36.8 Å². The summed E-state index contributed by atoms with van der Waals surface area (Å²) in [5.74, 6) is 0. The first-order valence-electron chi connectivity index (χ1n) is 5.73. The van der Waals surface area contributed by atoms with Gasteiger partial charge in [-0.15, -0.1) is 0 Å². The van der Waals surface area contributed by atoms with Gasteiger partial charge in [-0.25, -0.2) is 0 Å². The van der Waals surface area contributed by atoms with Gasteiger partial charge in [0.2, 0.25) is 0 Å². The standard InChI is InChI=1S/C13H18N4/c1-10-7-11(14)9-13(8-10)15-5-3-12-4-6-17(2)16-12/h4,6-9,15H,3,5,14H2,1-2H3. The van der Waals surface area contributed by atoms with Gasteiger partial charge in [0, 0.05) is 37.6 Å². The number of nitrogens with one attached hydrogen (secondary N) is 1. The molecule has 90 valence electrons. The molecule has 2 rings (SSSR count). The third-order valence-corrected chi connectivity index (χ3v) is 2.58. The number of hydrogen-bond donors (Lipinski definition) is 2. The fourth-order valence-electron chi connectivity index (χ4n) is 1.85. The minimum Gasteiger partial charge on any atom is -0.399 e. The summed E-state index contributed by atoms with van der Waals surface area (Å²) < 4.78 is 1.82. The monoisotopic (exact) mass is 230 g/mol. The van der Waals surface area contributed by atoms with Crippen LogP contribution in [0.2, 0.25) is 0 Å². The number of anilines is 2. The number of benzene rings is 1. The Morgan fingerprint density at radius 3 is 2.82 bits per heavy atom. The summed E-state index contributed by atoms with van der Waals surface area (Å²) in [5, 5.41) is 7.68. The van der Waals surface area contributed by atoms with Crippen LogP contribution < -0.4 is 11.1 Å². The molecule has 0 amide bonds. The van der Waals surface area contributed by atoms with Crippen LogP contribution in [0.1, 0.15) is 11.3 Å². The Balaban J connectivity index is 1.89. The number of nitrogens with two attached hydrogens (primary N) is 1. The van der Waals surface area contributed by atoms with E-state index in [2.05, 4.69) is 16.5 Å². The van der Waals surface area contributed by atoms with E-state index in [9.17, 15) is 0 Å². The molecule has 0 unspecified atom stereocenters. The van der Waals surface area contributed by atoms with Gasteiger partial charge >= 0.3 is 0 Å². The van der Waals surface area contributed by atoms with E-state index < -0.39 is 0 Å². The molecule has 4 nitrogen and oxygen atoms in total. The summed E-state index contributed by atoms with van der Waals surface area (Å²) in [6, 6.07) is 8.04. The topological polar surface area (TPSA) is 55.9 Å². The molecule has 0 bridgehead atoms. The first kappa shape index (κ1) is 11.5. The smallest absolute Gasteiger partial charge is 0.0642 e. The van der Waals surface area contributed by atoms with Crippen LogP contribution in [0, 0.1) is 6.92 Å². The average molecular weight is 230 g/mol. The highest BCUT2D eigenvalue weighted by atomic mass is 15.2. The van der Waals surface area contributed by atoms with E-state index in [1.807, 2.05) is 43.0 Å². The van der Waals surface area contributed by atoms with Crippen LogP contribution >= 0.6 is 0 Å². The molecule has 0 spiro atoms. The molecule has 4 heteroatoms. The zero-order valence-electron chi connectivity index (χ0n) is 10.3. The van der Waals surface area contributed by atoms with Gasteiger partial charge in [0.15, 0.2) is 0 Å². The Bertz CT molecular complexity index is 482. The van der Waals surface area contributed by atoms with Crippen LogP contribution in [-0.4, -0.2) is 16.3 Å². The van der Waals surface area contributed by atoms with Crippen molar-refractivity contribution in [2.45, 2.75) is 13.3 Å². The molecule has 1 aromatic heterocycles. The second-order valence-corrected chi connectivity index (χ2v) is 4.29. The van der Waals surface area contributed by atoms with Gasteiger partial charge in [0.25, 0.3) is 0 Å². The summed E-state index contributed by atoms with van der Waals surface area (Å²) in [6.07, 6.45) is 2.87. The first-order chi connectivity index (χ1) is 8.13. The molecule has 3 N–H and O–H groups in total. The lowest BCUT2D eigenvalue weighted by molar-refractivity contribution is 0.742. The van der Waals surface area contributed by atoms with Gasteiger partial charge in [-0.3, -0.25) is 4.68 Å². The largest absolute Gasteiger partial charge is 0.399 e. The van der Waals surface area contributed by atoms with Crippen molar-refractivity contribution in [3.05, 3.63) is 41.7 Å². The van der Waals surface area contributed by atoms with Crippen molar-refractivity contribution in [3.63, 3.8) is 0 Å².